The number of rotatable bonds is 1. The third-order valence-corrected chi connectivity index (χ3v) is 3.21. The van der Waals surface area contributed by atoms with Gasteiger partial charge in [0, 0.05) is 29.8 Å². The molecule has 3 nitrogen and oxygen atoms in total. The Morgan fingerprint density at radius 1 is 1.43 bits per heavy atom. The quantitative estimate of drug-likeness (QED) is 0.798. The van der Waals surface area contributed by atoms with E-state index in [1.807, 2.05) is 18.3 Å². The van der Waals surface area contributed by atoms with E-state index in [0.29, 0.717) is 12.1 Å². The van der Waals surface area contributed by atoms with Crippen LogP contribution >= 0.6 is 15.9 Å². The van der Waals surface area contributed by atoms with Crippen LogP contribution in [0.4, 0.5) is 0 Å². The summed E-state index contributed by atoms with van der Waals surface area (Å²) in [5, 5.41) is 6.91. The predicted molar refractivity (Wildman–Crippen MR) is 60.1 cm³/mol. The minimum Gasteiger partial charge on any atom is -0.311 e. The summed E-state index contributed by atoms with van der Waals surface area (Å²) in [6.07, 6.45) is 1.84. The first-order chi connectivity index (χ1) is 6.79. The molecule has 14 heavy (non-hydrogen) atoms. The fourth-order valence-electron chi connectivity index (χ4n) is 1.78. The van der Waals surface area contributed by atoms with Gasteiger partial charge in [-0.15, -0.1) is 0 Å². The van der Waals surface area contributed by atoms with Crippen LogP contribution < -0.4 is 10.6 Å². The standard InChI is InChI=1S/C10H14BrN3/c1-7-9(14-6-5-12-7)10-8(11)3-2-4-13-10/h2-4,7,9,12,14H,5-6H2,1H3/t7?,9-/m1/s1. The van der Waals surface area contributed by atoms with E-state index in [1.165, 1.54) is 0 Å². The molecule has 0 spiro atoms. The van der Waals surface area contributed by atoms with Gasteiger partial charge in [-0.2, -0.15) is 0 Å². The van der Waals surface area contributed by atoms with Gasteiger partial charge in [0.15, 0.2) is 0 Å². The number of nitrogens with one attached hydrogen (secondary N) is 2. The molecule has 0 aromatic carbocycles. The molecule has 1 fully saturated rings. The van der Waals surface area contributed by atoms with Crippen LogP contribution in [0, 0.1) is 0 Å². The van der Waals surface area contributed by atoms with Gasteiger partial charge in [0.1, 0.15) is 0 Å². The van der Waals surface area contributed by atoms with Crippen molar-refractivity contribution in [3.05, 3.63) is 28.5 Å². The number of pyridine rings is 1. The van der Waals surface area contributed by atoms with E-state index in [2.05, 4.69) is 38.5 Å². The zero-order valence-electron chi connectivity index (χ0n) is 8.13. The SMILES string of the molecule is CC1NCCN[C@H]1c1ncccc1Br. The maximum atomic E-state index is 4.40. The van der Waals surface area contributed by atoms with Crippen molar-refractivity contribution in [2.75, 3.05) is 13.1 Å². The van der Waals surface area contributed by atoms with Crippen LogP contribution in [0.1, 0.15) is 18.7 Å². The molecule has 0 amide bonds. The van der Waals surface area contributed by atoms with Crippen molar-refractivity contribution < 1.29 is 0 Å². The Morgan fingerprint density at radius 2 is 2.21 bits per heavy atom. The number of hydrogen-bond acceptors (Lipinski definition) is 3. The Bertz CT molecular complexity index is 316. The number of piperazine rings is 1. The average molecular weight is 256 g/mol. The van der Waals surface area contributed by atoms with Gasteiger partial charge >= 0.3 is 0 Å². The molecule has 0 radical (unpaired) electrons. The summed E-state index contributed by atoms with van der Waals surface area (Å²) < 4.78 is 1.08. The molecule has 1 aliphatic heterocycles. The van der Waals surface area contributed by atoms with Crippen LogP contribution in [0.2, 0.25) is 0 Å². The highest BCUT2D eigenvalue weighted by Crippen LogP contribution is 2.24. The molecule has 4 heteroatoms. The van der Waals surface area contributed by atoms with Crippen molar-refractivity contribution in [2.45, 2.75) is 19.0 Å². The number of halogens is 1. The molecule has 1 aromatic rings. The summed E-state index contributed by atoms with van der Waals surface area (Å²) in [5.41, 5.74) is 1.09. The lowest BCUT2D eigenvalue weighted by Gasteiger charge is -2.31. The summed E-state index contributed by atoms with van der Waals surface area (Å²) in [5.74, 6) is 0. The highest BCUT2D eigenvalue weighted by atomic mass is 79.9. The second-order valence-corrected chi connectivity index (χ2v) is 4.40. The van der Waals surface area contributed by atoms with Gasteiger partial charge in [-0.1, -0.05) is 0 Å². The van der Waals surface area contributed by atoms with Gasteiger partial charge < -0.3 is 10.6 Å². The average Bonchev–Trinajstić information content (AvgIpc) is 2.20. The largest absolute Gasteiger partial charge is 0.311 e. The van der Waals surface area contributed by atoms with E-state index in [9.17, 15) is 0 Å². The zero-order chi connectivity index (χ0) is 9.97. The van der Waals surface area contributed by atoms with Gasteiger partial charge in [0.05, 0.1) is 11.7 Å². The van der Waals surface area contributed by atoms with E-state index in [-0.39, 0.29) is 0 Å². The molecule has 1 aliphatic rings. The van der Waals surface area contributed by atoms with E-state index in [4.69, 9.17) is 0 Å². The molecule has 0 saturated carbocycles. The summed E-state index contributed by atoms with van der Waals surface area (Å²) in [6.45, 7) is 4.21. The van der Waals surface area contributed by atoms with E-state index in [0.717, 1.165) is 23.3 Å². The predicted octanol–water partition coefficient (Wildman–Crippen LogP) is 1.47. The van der Waals surface area contributed by atoms with Gasteiger partial charge in [-0.3, -0.25) is 4.98 Å². The van der Waals surface area contributed by atoms with E-state index in [1.54, 1.807) is 0 Å². The molecule has 2 heterocycles. The lowest BCUT2D eigenvalue weighted by Crippen LogP contribution is -2.49. The minimum absolute atomic E-state index is 0.305. The molecule has 1 unspecified atom stereocenters. The van der Waals surface area contributed by atoms with Crippen molar-refractivity contribution in [3.63, 3.8) is 0 Å². The fourth-order valence-corrected chi connectivity index (χ4v) is 2.28. The second-order valence-electron chi connectivity index (χ2n) is 3.55. The zero-order valence-corrected chi connectivity index (χ0v) is 9.71. The molecular weight excluding hydrogens is 242 g/mol. The lowest BCUT2D eigenvalue weighted by molar-refractivity contribution is 0.339. The molecule has 2 rings (SSSR count). The highest BCUT2D eigenvalue weighted by Gasteiger charge is 2.24. The van der Waals surface area contributed by atoms with Gasteiger partial charge in [0.2, 0.25) is 0 Å². The fraction of sp³-hybridized carbons (Fsp3) is 0.500. The van der Waals surface area contributed by atoms with E-state index >= 15 is 0 Å². The van der Waals surface area contributed by atoms with Crippen LogP contribution in [0.25, 0.3) is 0 Å². The number of aromatic nitrogens is 1. The molecular formula is C10H14BrN3. The smallest absolute Gasteiger partial charge is 0.0730 e. The van der Waals surface area contributed by atoms with Crippen LogP contribution in [-0.2, 0) is 0 Å². The maximum absolute atomic E-state index is 4.40. The Balaban J connectivity index is 2.25. The molecule has 1 aromatic heterocycles. The summed E-state index contributed by atoms with van der Waals surface area (Å²) in [7, 11) is 0. The first kappa shape index (κ1) is 10.1. The molecule has 2 atom stereocenters. The maximum Gasteiger partial charge on any atom is 0.0730 e. The topological polar surface area (TPSA) is 37.0 Å². The van der Waals surface area contributed by atoms with Crippen LogP contribution in [0.5, 0.6) is 0 Å². The van der Waals surface area contributed by atoms with Crippen molar-refractivity contribution in [1.29, 1.82) is 0 Å². The van der Waals surface area contributed by atoms with Crippen LogP contribution in [0.3, 0.4) is 0 Å². The summed E-state index contributed by atoms with van der Waals surface area (Å²) in [4.78, 5) is 4.40. The minimum atomic E-state index is 0.305. The summed E-state index contributed by atoms with van der Waals surface area (Å²) >= 11 is 3.53. The monoisotopic (exact) mass is 255 g/mol. The molecule has 0 bridgehead atoms. The first-order valence-electron chi connectivity index (χ1n) is 4.86. The Morgan fingerprint density at radius 3 is 2.93 bits per heavy atom. The van der Waals surface area contributed by atoms with Crippen molar-refractivity contribution in [2.24, 2.45) is 0 Å². The third-order valence-electron chi connectivity index (χ3n) is 2.54. The number of hydrogen-bond donors (Lipinski definition) is 2. The molecule has 1 saturated heterocycles. The Labute approximate surface area is 92.4 Å². The highest BCUT2D eigenvalue weighted by molar-refractivity contribution is 9.10. The van der Waals surface area contributed by atoms with Crippen molar-refractivity contribution >= 4 is 15.9 Å². The molecule has 76 valence electrons. The van der Waals surface area contributed by atoms with Gasteiger partial charge in [0.25, 0.3) is 0 Å². The van der Waals surface area contributed by atoms with Crippen molar-refractivity contribution in [3.8, 4) is 0 Å². The van der Waals surface area contributed by atoms with Gasteiger partial charge in [-0.25, -0.2) is 0 Å². The number of nitrogens with zero attached hydrogens (tertiary/aromatic N) is 1. The molecule has 2 N–H and O–H groups in total. The van der Waals surface area contributed by atoms with Crippen LogP contribution in [-0.4, -0.2) is 24.1 Å². The van der Waals surface area contributed by atoms with Crippen molar-refractivity contribution in [1.82, 2.24) is 15.6 Å². The second kappa shape index (κ2) is 4.38. The Kier molecular flexibility index (Phi) is 3.15. The lowest BCUT2D eigenvalue weighted by atomic mass is 10.0. The van der Waals surface area contributed by atoms with Gasteiger partial charge in [-0.05, 0) is 35.0 Å². The normalized spacial score (nSPS) is 27.6. The molecule has 0 aliphatic carbocycles. The Hall–Kier alpha value is -0.450. The van der Waals surface area contributed by atoms with E-state index < -0.39 is 0 Å². The third kappa shape index (κ3) is 1.97. The van der Waals surface area contributed by atoms with Crippen LogP contribution in [0.15, 0.2) is 22.8 Å². The summed E-state index contributed by atoms with van der Waals surface area (Å²) in [6, 6.07) is 4.70. The first-order valence-corrected chi connectivity index (χ1v) is 5.65.